The van der Waals surface area contributed by atoms with Crippen molar-refractivity contribution in [2.24, 2.45) is 0 Å². The smallest absolute Gasteiger partial charge is 0.273 e. The number of aromatic nitrogens is 2. The largest absolute Gasteiger partial charge is 0.374 e. The fourth-order valence-electron chi connectivity index (χ4n) is 4.61. The molecule has 36 heavy (non-hydrogen) atoms. The summed E-state index contributed by atoms with van der Waals surface area (Å²) in [5, 5.41) is 15.3. The standard InChI is InChI=1S/C28H28ClN5O2/c1-28(2,3)33-25(35)20-10-9-19(29)13-21(20)16-8-11-23-22(12-16)24(32-27(30)31-23)26(36)34-14-17-6-4-5-7-18(17)15-34/h4-13,25,33,35H,14-15H2,1-3H3,(H2,30,31,32). The molecular formula is C28H28ClN5O2. The summed E-state index contributed by atoms with van der Waals surface area (Å²) < 4.78 is 0. The second-order valence-electron chi connectivity index (χ2n) is 10.1. The lowest BCUT2D eigenvalue weighted by atomic mass is 9.96. The Kier molecular flexibility index (Phi) is 6.16. The normalized spacial score (nSPS) is 14.2. The van der Waals surface area contributed by atoms with Crippen LogP contribution in [0.25, 0.3) is 22.0 Å². The molecule has 0 radical (unpaired) electrons. The van der Waals surface area contributed by atoms with E-state index in [-0.39, 0.29) is 23.1 Å². The zero-order chi connectivity index (χ0) is 25.6. The van der Waals surface area contributed by atoms with E-state index >= 15 is 0 Å². The van der Waals surface area contributed by atoms with Crippen molar-refractivity contribution < 1.29 is 9.90 Å². The molecule has 0 spiro atoms. The van der Waals surface area contributed by atoms with Gasteiger partial charge in [-0.2, -0.15) is 0 Å². The lowest BCUT2D eigenvalue weighted by Crippen LogP contribution is -2.38. The quantitative estimate of drug-likeness (QED) is 0.337. The summed E-state index contributed by atoms with van der Waals surface area (Å²) in [7, 11) is 0. The first kappa shape index (κ1) is 24.2. The van der Waals surface area contributed by atoms with E-state index in [1.807, 2.05) is 69.3 Å². The highest BCUT2D eigenvalue weighted by Crippen LogP contribution is 2.34. The van der Waals surface area contributed by atoms with Crippen molar-refractivity contribution in [1.82, 2.24) is 20.2 Å². The number of nitrogens with zero attached hydrogens (tertiary/aromatic N) is 3. The number of anilines is 1. The number of benzene rings is 3. The van der Waals surface area contributed by atoms with E-state index in [1.54, 1.807) is 17.0 Å². The number of carbonyl (C=O) groups is 1. The van der Waals surface area contributed by atoms with Crippen LogP contribution in [-0.2, 0) is 13.1 Å². The van der Waals surface area contributed by atoms with Crippen molar-refractivity contribution in [2.75, 3.05) is 5.73 Å². The molecule has 2 heterocycles. The van der Waals surface area contributed by atoms with Crippen molar-refractivity contribution in [2.45, 2.75) is 45.6 Å². The van der Waals surface area contributed by atoms with Crippen molar-refractivity contribution >= 4 is 34.4 Å². The second kappa shape index (κ2) is 9.17. The Bertz CT molecular complexity index is 1460. The van der Waals surface area contributed by atoms with Gasteiger partial charge in [0.25, 0.3) is 5.91 Å². The summed E-state index contributed by atoms with van der Waals surface area (Å²) in [5.41, 5.74) is 11.0. The number of rotatable bonds is 4. The van der Waals surface area contributed by atoms with Crippen molar-refractivity contribution in [3.8, 4) is 11.1 Å². The summed E-state index contributed by atoms with van der Waals surface area (Å²) in [5.74, 6) is -0.160. The number of nitrogens with two attached hydrogens (primary N) is 1. The predicted octanol–water partition coefficient (Wildman–Crippen LogP) is 5.07. The Morgan fingerprint density at radius 3 is 2.42 bits per heavy atom. The third kappa shape index (κ3) is 4.78. The summed E-state index contributed by atoms with van der Waals surface area (Å²) in [6.07, 6.45) is -0.917. The van der Waals surface area contributed by atoms with Gasteiger partial charge in [0, 0.05) is 34.6 Å². The van der Waals surface area contributed by atoms with Gasteiger partial charge >= 0.3 is 0 Å². The zero-order valence-electron chi connectivity index (χ0n) is 20.4. The van der Waals surface area contributed by atoms with E-state index in [0.29, 0.717) is 34.6 Å². The van der Waals surface area contributed by atoms with E-state index < -0.39 is 6.23 Å². The molecule has 4 aromatic rings. The first-order chi connectivity index (χ1) is 17.1. The molecule has 0 fully saturated rings. The van der Waals surface area contributed by atoms with Gasteiger partial charge in [0.1, 0.15) is 11.9 Å². The second-order valence-corrected chi connectivity index (χ2v) is 10.6. The summed E-state index contributed by atoms with van der Waals surface area (Å²) in [6.45, 7) is 6.99. The van der Waals surface area contributed by atoms with Crippen molar-refractivity contribution in [3.63, 3.8) is 0 Å². The summed E-state index contributed by atoms with van der Waals surface area (Å²) >= 11 is 6.35. The van der Waals surface area contributed by atoms with Gasteiger partial charge in [0.05, 0.1) is 5.52 Å². The SMILES string of the molecule is CC(C)(C)NC(O)c1ccc(Cl)cc1-c1ccc2nc(N)nc(C(=O)N3Cc4ccccc4C3)c2c1. The fraction of sp³-hybridized carbons (Fsp3) is 0.250. The van der Waals surface area contributed by atoms with Gasteiger partial charge in [-0.1, -0.05) is 48.0 Å². The lowest BCUT2D eigenvalue weighted by molar-refractivity contribution is 0.0747. The van der Waals surface area contributed by atoms with Gasteiger partial charge in [-0.15, -0.1) is 0 Å². The van der Waals surface area contributed by atoms with Gasteiger partial charge in [-0.05, 0) is 67.3 Å². The lowest BCUT2D eigenvalue weighted by Gasteiger charge is -2.27. The van der Waals surface area contributed by atoms with Crippen LogP contribution in [0.5, 0.6) is 0 Å². The number of nitrogens with one attached hydrogen (secondary N) is 1. The molecule has 8 heteroatoms. The Balaban J connectivity index is 1.59. The Morgan fingerprint density at radius 1 is 1.06 bits per heavy atom. The number of nitrogen functional groups attached to an aromatic ring is 1. The van der Waals surface area contributed by atoms with Gasteiger partial charge in [-0.3, -0.25) is 10.1 Å². The van der Waals surface area contributed by atoms with Crippen LogP contribution in [0.2, 0.25) is 5.02 Å². The van der Waals surface area contributed by atoms with Crippen LogP contribution >= 0.6 is 11.6 Å². The van der Waals surface area contributed by atoms with E-state index in [9.17, 15) is 9.90 Å². The Labute approximate surface area is 214 Å². The maximum absolute atomic E-state index is 13.6. The minimum absolute atomic E-state index is 0.0450. The minimum atomic E-state index is -0.917. The topological polar surface area (TPSA) is 104 Å². The number of hydrogen-bond donors (Lipinski definition) is 3. The van der Waals surface area contributed by atoms with Gasteiger partial charge in [-0.25, -0.2) is 9.97 Å². The number of halogens is 1. The van der Waals surface area contributed by atoms with Gasteiger partial charge < -0.3 is 15.7 Å². The minimum Gasteiger partial charge on any atom is -0.374 e. The molecule has 1 atom stereocenters. The highest BCUT2D eigenvalue weighted by atomic mass is 35.5. The van der Waals surface area contributed by atoms with E-state index in [1.165, 1.54) is 0 Å². The number of aliphatic hydroxyl groups excluding tert-OH is 1. The molecule has 0 saturated carbocycles. The first-order valence-corrected chi connectivity index (χ1v) is 12.2. The number of amides is 1. The molecule has 1 aromatic heterocycles. The van der Waals surface area contributed by atoms with Crippen molar-refractivity contribution in [3.05, 3.63) is 88.1 Å². The maximum Gasteiger partial charge on any atom is 0.273 e. The molecule has 4 N–H and O–H groups in total. The van der Waals surface area contributed by atoms with Crippen LogP contribution in [0.1, 0.15) is 54.2 Å². The van der Waals surface area contributed by atoms with Crippen LogP contribution in [0.4, 0.5) is 5.95 Å². The molecule has 1 aliphatic heterocycles. The molecule has 1 aliphatic rings. The fourth-order valence-corrected chi connectivity index (χ4v) is 4.78. The monoisotopic (exact) mass is 501 g/mol. The molecule has 1 amide bonds. The van der Waals surface area contributed by atoms with Crippen LogP contribution in [0.15, 0.2) is 60.7 Å². The average molecular weight is 502 g/mol. The zero-order valence-corrected chi connectivity index (χ0v) is 21.2. The molecule has 184 valence electrons. The molecule has 0 saturated heterocycles. The van der Waals surface area contributed by atoms with Gasteiger partial charge in [0.2, 0.25) is 5.95 Å². The van der Waals surface area contributed by atoms with Crippen LogP contribution in [-0.4, -0.2) is 31.4 Å². The van der Waals surface area contributed by atoms with E-state index in [4.69, 9.17) is 17.3 Å². The first-order valence-electron chi connectivity index (χ1n) is 11.8. The number of aliphatic hydroxyl groups is 1. The molecule has 5 rings (SSSR count). The van der Waals surface area contributed by atoms with Crippen LogP contribution < -0.4 is 11.1 Å². The number of fused-ring (bicyclic) bond motifs is 2. The van der Waals surface area contributed by atoms with Crippen molar-refractivity contribution in [1.29, 1.82) is 0 Å². The highest BCUT2D eigenvalue weighted by molar-refractivity contribution is 6.31. The molecular weight excluding hydrogens is 474 g/mol. The van der Waals surface area contributed by atoms with Gasteiger partial charge in [0.15, 0.2) is 0 Å². The third-order valence-corrected chi connectivity index (χ3v) is 6.47. The summed E-state index contributed by atoms with van der Waals surface area (Å²) in [6, 6.07) is 18.9. The molecule has 0 bridgehead atoms. The summed E-state index contributed by atoms with van der Waals surface area (Å²) in [4.78, 5) is 24.1. The van der Waals surface area contributed by atoms with Crippen LogP contribution in [0.3, 0.4) is 0 Å². The molecule has 0 aliphatic carbocycles. The maximum atomic E-state index is 13.6. The van der Waals surface area contributed by atoms with E-state index in [0.717, 1.165) is 22.3 Å². The predicted molar refractivity (Wildman–Crippen MR) is 142 cm³/mol. The van der Waals surface area contributed by atoms with E-state index in [2.05, 4.69) is 15.3 Å². The molecule has 1 unspecified atom stereocenters. The molecule has 7 nitrogen and oxygen atoms in total. The Hall–Kier alpha value is -3.52. The average Bonchev–Trinajstić information content (AvgIpc) is 3.26. The highest BCUT2D eigenvalue weighted by Gasteiger charge is 2.27. The number of carbonyl (C=O) groups excluding carboxylic acids is 1. The van der Waals surface area contributed by atoms with Crippen LogP contribution in [0, 0.1) is 0 Å². The number of hydrogen-bond acceptors (Lipinski definition) is 6. The Morgan fingerprint density at radius 2 is 1.75 bits per heavy atom. The molecule has 3 aromatic carbocycles. The third-order valence-electron chi connectivity index (χ3n) is 6.23.